The van der Waals surface area contributed by atoms with Gasteiger partial charge in [-0.15, -0.1) is 0 Å². The maximum atomic E-state index is 10.5. The Balaban J connectivity index is 2.67. The standard InChI is InChI=1S/C13H10ClNO2/c1-8-2-3-9-6-11(14)7-10(13(9)15-8)4-5-12(16)17/h2-7H,1H3,(H,16,17)/b5-4+. The minimum absolute atomic E-state index is 0.563. The van der Waals surface area contributed by atoms with Gasteiger partial charge in [0.25, 0.3) is 0 Å². The third-order valence-electron chi connectivity index (χ3n) is 2.33. The van der Waals surface area contributed by atoms with E-state index in [0.29, 0.717) is 10.6 Å². The van der Waals surface area contributed by atoms with Crippen LogP contribution >= 0.6 is 11.6 Å². The maximum Gasteiger partial charge on any atom is 0.328 e. The maximum absolute atomic E-state index is 10.5. The fourth-order valence-corrected chi connectivity index (χ4v) is 1.85. The van der Waals surface area contributed by atoms with Crippen LogP contribution in [0.3, 0.4) is 0 Å². The highest BCUT2D eigenvalue weighted by molar-refractivity contribution is 6.31. The van der Waals surface area contributed by atoms with Crippen LogP contribution in [0.1, 0.15) is 11.3 Å². The number of aryl methyl sites for hydroxylation is 1. The second-order valence-corrected chi connectivity index (χ2v) is 4.13. The predicted octanol–water partition coefficient (Wildman–Crippen LogP) is 3.29. The lowest BCUT2D eigenvalue weighted by Gasteiger charge is -2.04. The largest absolute Gasteiger partial charge is 0.478 e. The molecule has 2 aromatic rings. The zero-order valence-electron chi connectivity index (χ0n) is 9.14. The van der Waals surface area contributed by atoms with Crippen LogP contribution < -0.4 is 0 Å². The van der Waals surface area contributed by atoms with Crippen molar-refractivity contribution in [3.63, 3.8) is 0 Å². The number of aliphatic carboxylic acids is 1. The number of rotatable bonds is 2. The molecule has 86 valence electrons. The van der Waals surface area contributed by atoms with Crippen molar-refractivity contribution in [1.29, 1.82) is 0 Å². The van der Waals surface area contributed by atoms with Crippen molar-refractivity contribution >= 4 is 34.5 Å². The first-order valence-corrected chi connectivity index (χ1v) is 5.42. The van der Waals surface area contributed by atoms with Crippen molar-refractivity contribution in [3.8, 4) is 0 Å². The van der Waals surface area contributed by atoms with Crippen LogP contribution in [0.2, 0.25) is 5.02 Å². The summed E-state index contributed by atoms with van der Waals surface area (Å²) in [5.74, 6) is -0.995. The second kappa shape index (κ2) is 4.55. The summed E-state index contributed by atoms with van der Waals surface area (Å²) in [6.45, 7) is 1.89. The summed E-state index contributed by atoms with van der Waals surface area (Å²) >= 11 is 5.97. The van der Waals surface area contributed by atoms with Crippen LogP contribution in [0.4, 0.5) is 0 Å². The molecule has 0 fully saturated rings. The fraction of sp³-hybridized carbons (Fsp3) is 0.0769. The van der Waals surface area contributed by atoms with E-state index in [4.69, 9.17) is 16.7 Å². The Morgan fingerprint density at radius 1 is 1.41 bits per heavy atom. The van der Waals surface area contributed by atoms with Crippen molar-refractivity contribution < 1.29 is 9.90 Å². The zero-order chi connectivity index (χ0) is 12.4. The van der Waals surface area contributed by atoms with E-state index in [2.05, 4.69) is 4.98 Å². The minimum Gasteiger partial charge on any atom is -0.478 e. The molecular weight excluding hydrogens is 238 g/mol. The van der Waals surface area contributed by atoms with Crippen molar-refractivity contribution in [2.45, 2.75) is 6.92 Å². The monoisotopic (exact) mass is 247 g/mol. The van der Waals surface area contributed by atoms with E-state index in [0.717, 1.165) is 22.7 Å². The van der Waals surface area contributed by atoms with Gasteiger partial charge in [-0.1, -0.05) is 17.7 Å². The molecule has 3 nitrogen and oxygen atoms in total. The number of hydrogen-bond donors (Lipinski definition) is 1. The molecule has 4 heteroatoms. The summed E-state index contributed by atoms with van der Waals surface area (Å²) in [6.07, 6.45) is 2.58. The number of carbonyl (C=O) groups is 1. The lowest BCUT2D eigenvalue weighted by atomic mass is 10.1. The van der Waals surface area contributed by atoms with Gasteiger partial charge < -0.3 is 5.11 Å². The third kappa shape index (κ3) is 2.63. The van der Waals surface area contributed by atoms with Crippen molar-refractivity contribution in [1.82, 2.24) is 4.98 Å². The Morgan fingerprint density at radius 2 is 2.18 bits per heavy atom. The van der Waals surface area contributed by atoms with Crippen LogP contribution in [0.15, 0.2) is 30.3 Å². The molecule has 0 aliphatic carbocycles. The summed E-state index contributed by atoms with van der Waals surface area (Å²) in [5.41, 5.74) is 2.34. The van der Waals surface area contributed by atoms with Crippen LogP contribution in [0.5, 0.6) is 0 Å². The highest BCUT2D eigenvalue weighted by atomic mass is 35.5. The quantitative estimate of drug-likeness (QED) is 0.829. The van der Waals surface area contributed by atoms with Gasteiger partial charge in [-0.05, 0) is 31.2 Å². The summed E-state index contributed by atoms with van der Waals surface area (Å²) in [5, 5.41) is 10.1. The molecule has 0 bridgehead atoms. The predicted molar refractivity (Wildman–Crippen MR) is 68.2 cm³/mol. The molecule has 0 unspecified atom stereocenters. The zero-order valence-corrected chi connectivity index (χ0v) is 9.90. The molecule has 0 amide bonds. The molecule has 0 saturated carbocycles. The molecule has 1 aromatic carbocycles. The molecule has 0 spiro atoms. The first-order chi connectivity index (χ1) is 8.06. The van der Waals surface area contributed by atoms with Gasteiger partial charge in [-0.2, -0.15) is 0 Å². The smallest absolute Gasteiger partial charge is 0.328 e. The number of benzene rings is 1. The van der Waals surface area contributed by atoms with Gasteiger partial charge in [0, 0.05) is 27.7 Å². The van der Waals surface area contributed by atoms with Crippen molar-refractivity contribution in [2.24, 2.45) is 0 Å². The summed E-state index contributed by atoms with van der Waals surface area (Å²) in [7, 11) is 0. The third-order valence-corrected chi connectivity index (χ3v) is 2.55. The van der Waals surface area contributed by atoms with E-state index in [9.17, 15) is 4.79 Å². The Kier molecular flexibility index (Phi) is 3.11. The van der Waals surface area contributed by atoms with Crippen LogP contribution in [0, 0.1) is 6.92 Å². The van der Waals surface area contributed by atoms with E-state index >= 15 is 0 Å². The van der Waals surface area contributed by atoms with E-state index in [1.165, 1.54) is 6.08 Å². The van der Waals surface area contributed by atoms with E-state index < -0.39 is 5.97 Å². The van der Waals surface area contributed by atoms with Crippen LogP contribution in [-0.4, -0.2) is 16.1 Å². The number of carboxylic acid groups (broad SMARTS) is 1. The molecular formula is C13H10ClNO2. The molecule has 0 radical (unpaired) electrons. The first kappa shape index (κ1) is 11.6. The van der Waals surface area contributed by atoms with E-state index in [1.807, 2.05) is 19.1 Å². The minimum atomic E-state index is -0.995. The molecule has 17 heavy (non-hydrogen) atoms. The average molecular weight is 248 g/mol. The SMILES string of the molecule is Cc1ccc2cc(Cl)cc(/C=C/C(=O)O)c2n1. The summed E-state index contributed by atoms with van der Waals surface area (Å²) < 4.78 is 0. The Hall–Kier alpha value is -1.87. The van der Waals surface area contributed by atoms with Crippen LogP contribution in [0.25, 0.3) is 17.0 Å². The average Bonchev–Trinajstić information content (AvgIpc) is 2.26. The molecule has 0 aliphatic heterocycles. The Labute approximate surface area is 103 Å². The number of halogens is 1. The molecule has 1 heterocycles. The summed E-state index contributed by atoms with van der Waals surface area (Å²) in [6, 6.07) is 7.32. The normalized spacial score (nSPS) is 11.2. The highest BCUT2D eigenvalue weighted by Crippen LogP contribution is 2.23. The Morgan fingerprint density at radius 3 is 2.88 bits per heavy atom. The number of carboxylic acids is 1. The molecule has 2 rings (SSSR count). The van der Waals surface area contributed by atoms with Gasteiger partial charge in [0.1, 0.15) is 0 Å². The number of aromatic nitrogens is 1. The van der Waals surface area contributed by atoms with Crippen LogP contribution in [-0.2, 0) is 4.79 Å². The highest BCUT2D eigenvalue weighted by Gasteiger charge is 2.03. The second-order valence-electron chi connectivity index (χ2n) is 3.69. The molecule has 1 N–H and O–H groups in total. The van der Waals surface area contributed by atoms with Gasteiger partial charge in [-0.25, -0.2) is 4.79 Å². The number of pyridine rings is 1. The first-order valence-electron chi connectivity index (χ1n) is 5.04. The van der Waals surface area contributed by atoms with Gasteiger partial charge in [0.15, 0.2) is 0 Å². The van der Waals surface area contributed by atoms with E-state index in [1.54, 1.807) is 12.1 Å². The summed E-state index contributed by atoms with van der Waals surface area (Å²) in [4.78, 5) is 14.9. The Bertz CT molecular complexity index is 620. The molecule has 1 aromatic heterocycles. The number of nitrogens with zero attached hydrogens (tertiary/aromatic N) is 1. The van der Waals surface area contributed by atoms with Gasteiger partial charge in [0.05, 0.1) is 5.52 Å². The topological polar surface area (TPSA) is 50.2 Å². The van der Waals surface area contributed by atoms with Gasteiger partial charge in [0.2, 0.25) is 0 Å². The van der Waals surface area contributed by atoms with Gasteiger partial charge >= 0.3 is 5.97 Å². The lowest BCUT2D eigenvalue weighted by Crippen LogP contribution is -1.89. The lowest BCUT2D eigenvalue weighted by molar-refractivity contribution is -0.131. The molecule has 0 atom stereocenters. The molecule has 0 aliphatic rings. The van der Waals surface area contributed by atoms with Crippen molar-refractivity contribution in [2.75, 3.05) is 0 Å². The van der Waals surface area contributed by atoms with Crippen molar-refractivity contribution in [3.05, 3.63) is 46.6 Å². The molecule has 0 saturated heterocycles. The fourth-order valence-electron chi connectivity index (χ4n) is 1.61. The number of hydrogen-bond acceptors (Lipinski definition) is 2. The van der Waals surface area contributed by atoms with Gasteiger partial charge in [-0.3, -0.25) is 4.98 Å². The number of fused-ring (bicyclic) bond motifs is 1. The van der Waals surface area contributed by atoms with E-state index in [-0.39, 0.29) is 0 Å².